The maximum atomic E-state index is 13.1. The Morgan fingerprint density at radius 3 is 2.52 bits per heavy atom. The number of hydrogen-bond acceptors (Lipinski definition) is 3. The van der Waals surface area contributed by atoms with Crippen LogP contribution in [0.2, 0.25) is 5.02 Å². The first kappa shape index (κ1) is 20.9. The van der Waals surface area contributed by atoms with Gasteiger partial charge >= 0.3 is 0 Å². The van der Waals surface area contributed by atoms with Crippen molar-refractivity contribution in [2.75, 3.05) is 11.9 Å². The minimum Gasteiger partial charge on any atom is -0.494 e. The van der Waals surface area contributed by atoms with Gasteiger partial charge in [-0.25, -0.2) is 4.39 Å². The molecule has 0 aromatic heterocycles. The van der Waals surface area contributed by atoms with Crippen LogP contribution in [-0.4, -0.2) is 17.6 Å². The SMILES string of the molecule is CC(C)CCOc1ccc(C(=O)NNC(=S)Nc2ccc(F)c(Cl)c2)cc1. The third-order valence-corrected chi connectivity index (χ3v) is 4.04. The summed E-state index contributed by atoms with van der Waals surface area (Å²) in [6, 6.07) is 10.9. The molecule has 0 saturated carbocycles. The molecular formula is C19H21ClFN3O2S. The Kier molecular flexibility index (Phi) is 7.82. The van der Waals surface area contributed by atoms with E-state index < -0.39 is 5.82 Å². The summed E-state index contributed by atoms with van der Waals surface area (Å²) in [6.07, 6.45) is 0.968. The normalized spacial score (nSPS) is 10.4. The summed E-state index contributed by atoms with van der Waals surface area (Å²) in [5.74, 6) is 0.408. The van der Waals surface area contributed by atoms with E-state index in [1.54, 1.807) is 24.3 Å². The Balaban J connectivity index is 1.80. The van der Waals surface area contributed by atoms with Crippen molar-refractivity contribution in [3.63, 3.8) is 0 Å². The van der Waals surface area contributed by atoms with Gasteiger partial charge in [0.15, 0.2) is 5.11 Å². The highest BCUT2D eigenvalue weighted by Gasteiger charge is 2.07. The number of hydrogen-bond donors (Lipinski definition) is 3. The standard InChI is InChI=1S/C19H21ClFN3O2S/c1-12(2)9-10-26-15-6-3-13(4-7-15)18(25)23-24-19(27)22-14-5-8-17(21)16(20)11-14/h3-8,11-12H,9-10H2,1-2H3,(H,23,25)(H2,22,24,27). The number of rotatable bonds is 6. The van der Waals surface area contributed by atoms with E-state index in [1.807, 2.05) is 0 Å². The first-order chi connectivity index (χ1) is 12.8. The summed E-state index contributed by atoms with van der Waals surface area (Å²) in [6.45, 7) is 4.90. The second kappa shape index (κ2) is 10.1. The third kappa shape index (κ3) is 7.03. The molecule has 0 atom stereocenters. The number of carbonyl (C=O) groups excluding carboxylic acids is 1. The van der Waals surface area contributed by atoms with Crippen LogP contribution in [0.15, 0.2) is 42.5 Å². The van der Waals surface area contributed by atoms with Crippen molar-refractivity contribution in [2.45, 2.75) is 20.3 Å². The molecule has 27 heavy (non-hydrogen) atoms. The molecule has 2 rings (SSSR count). The van der Waals surface area contributed by atoms with Gasteiger partial charge in [-0.15, -0.1) is 0 Å². The number of thiocarbonyl (C=S) groups is 1. The number of anilines is 1. The second-order valence-electron chi connectivity index (χ2n) is 6.22. The molecule has 0 spiro atoms. The summed E-state index contributed by atoms with van der Waals surface area (Å²) in [7, 11) is 0. The third-order valence-electron chi connectivity index (χ3n) is 3.55. The second-order valence-corrected chi connectivity index (χ2v) is 7.03. The first-order valence-corrected chi connectivity index (χ1v) is 9.19. The van der Waals surface area contributed by atoms with E-state index >= 15 is 0 Å². The number of carbonyl (C=O) groups is 1. The number of nitrogens with one attached hydrogen (secondary N) is 3. The van der Waals surface area contributed by atoms with Crippen molar-refractivity contribution in [3.05, 3.63) is 58.9 Å². The molecule has 3 N–H and O–H groups in total. The number of halogens is 2. The van der Waals surface area contributed by atoms with Crippen molar-refractivity contribution in [1.82, 2.24) is 10.9 Å². The predicted molar refractivity (Wildman–Crippen MR) is 110 cm³/mol. The van der Waals surface area contributed by atoms with E-state index in [0.29, 0.717) is 29.5 Å². The predicted octanol–water partition coefficient (Wildman–Crippen LogP) is 4.54. The van der Waals surface area contributed by atoms with Gasteiger partial charge in [-0.1, -0.05) is 25.4 Å². The lowest BCUT2D eigenvalue weighted by Crippen LogP contribution is -2.43. The van der Waals surface area contributed by atoms with Crippen LogP contribution < -0.4 is 20.9 Å². The van der Waals surface area contributed by atoms with Crippen LogP contribution in [0.3, 0.4) is 0 Å². The molecule has 0 radical (unpaired) electrons. The van der Waals surface area contributed by atoms with Crippen LogP contribution in [0.25, 0.3) is 0 Å². The fourth-order valence-electron chi connectivity index (χ4n) is 2.04. The quantitative estimate of drug-likeness (QED) is 0.483. The van der Waals surface area contributed by atoms with Gasteiger partial charge in [-0.3, -0.25) is 15.6 Å². The first-order valence-electron chi connectivity index (χ1n) is 8.40. The number of amides is 1. The van der Waals surface area contributed by atoms with E-state index in [0.717, 1.165) is 6.42 Å². The lowest BCUT2D eigenvalue weighted by molar-refractivity contribution is 0.0944. The van der Waals surface area contributed by atoms with E-state index in [2.05, 4.69) is 30.0 Å². The van der Waals surface area contributed by atoms with Gasteiger partial charge < -0.3 is 10.1 Å². The van der Waals surface area contributed by atoms with Gasteiger partial charge in [-0.05, 0) is 67.0 Å². The van der Waals surface area contributed by atoms with Crippen LogP contribution in [0.1, 0.15) is 30.6 Å². The summed E-state index contributed by atoms with van der Waals surface area (Å²) in [4.78, 5) is 12.1. The van der Waals surface area contributed by atoms with Crippen LogP contribution in [0, 0.1) is 11.7 Å². The molecule has 2 aromatic carbocycles. The molecule has 0 saturated heterocycles. The number of hydrazine groups is 1. The highest BCUT2D eigenvalue weighted by atomic mass is 35.5. The molecule has 0 heterocycles. The maximum absolute atomic E-state index is 13.1. The summed E-state index contributed by atoms with van der Waals surface area (Å²) in [5, 5.41) is 2.91. The highest BCUT2D eigenvalue weighted by Crippen LogP contribution is 2.19. The minimum atomic E-state index is -0.522. The van der Waals surface area contributed by atoms with Crippen molar-refractivity contribution in [2.24, 2.45) is 5.92 Å². The monoisotopic (exact) mass is 409 g/mol. The minimum absolute atomic E-state index is 0.0254. The Bertz CT molecular complexity index is 800. The summed E-state index contributed by atoms with van der Waals surface area (Å²) in [5.41, 5.74) is 6.01. The largest absolute Gasteiger partial charge is 0.494 e. The molecule has 0 unspecified atom stereocenters. The van der Waals surface area contributed by atoms with Crippen LogP contribution in [-0.2, 0) is 0 Å². The number of benzene rings is 2. The van der Waals surface area contributed by atoms with Gasteiger partial charge in [-0.2, -0.15) is 0 Å². The molecule has 5 nitrogen and oxygen atoms in total. The van der Waals surface area contributed by atoms with Gasteiger partial charge in [0, 0.05) is 11.3 Å². The lowest BCUT2D eigenvalue weighted by atomic mass is 10.1. The van der Waals surface area contributed by atoms with Crippen molar-refractivity contribution in [3.8, 4) is 5.75 Å². The fourth-order valence-corrected chi connectivity index (χ4v) is 2.39. The van der Waals surface area contributed by atoms with E-state index in [9.17, 15) is 9.18 Å². The zero-order valence-electron chi connectivity index (χ0n) is 15.0. The van der Waals surface area contributed by atoms with Gasteiger partial charge in [0.1, 0.15) is 11.6 Å². The molecule has 144 valence electrons. The topological polar surface area (TPSA) is 62.4 Å². The Morgan fingerprint density at radius 1 is 1.19 bits per heavy atom. The molecule has 8 heteroatoms. The van der Waals surface area contributed by atoms with Crippen molar-refractivity contribution >= 4 is 40.5 Å². The molecule has 1 amide bonds. The van der Waals surface area contributed by atoms with Gasteiger partial charge in [0.2, 0.25) is 0 Å². The molecule has 0 bridgehead atoms. The smallest absolute Gasteiger partial charge is 0.269 e. The molecule has 0 aliphatic heterocycles. The van der Waals surface area contributed by atoms with Crippen LogP contribution in [0.5, 0.6) is 5.75 Å². The summed E-state index contributed by atoms with van der Waals surface area (Å²) < 4.78 is 18.8. The van der Waals surface area contributed by atoms with Crippen LogP contribution in [0.4, 0.5) is 10.1 Å². The van der Waals surface area contributed by atoms with E-state index in [-0.39, 0.29) is 16.0 Å². The fraction of sp³-hybridized carbons (Fsp3) is 0.263. The highest BCUT2D eigenvalue weighted by molar-refractivity contribution is 7.80. The molecule has 0 fully saturated rings. The van der Waals surface area contributed by atoms with E-state index in [4.69, 9.17) is 28.6 Å². The molecule has 2 aromatic rings. The van der Waals surface area contributed by atoms with Gasteiger partial charge in [0.05, 0.1) is 11.6 Å². The Morgan fingerprint density at radius 2 is 1.89 bits per heavy atom. The van der Waals surface area contributed by atoms with Crippen molar-refractivity contribution < 1.29 is 13.9 Å². The molecule has 0 aliphatic carbocycles. The maximum Gasteiger partial charge on any atom is 0.269 e. The molecule has 0 aliphatic rings. The summed E-state index contributed by atoms with van der Waals surface area (Å²) >= 11 is 10.8. The van der Waals surface area contributed by atoms with Crippen molar-refractivity contribution in [1.29, 1.82) is 0 Å². The average molecular weight is 410 g/mol. The number of ether oxygens (including phenoxy) is 1. The van der Waals surface area contributed by atoms with E-state index in [1.165, 1.54) is 18.2 Å². The van der Waals surface area contributed by atoms with Crippen LogP contribution >= 0.6 is 23.8 Å². The zero-order chi connectivity index (χ0) is 19.8. The lowest BCUT2D eigenvalue weighted by Gasteiger charge is -2.12. The van der Waals surface area contributed by atoms with Gasteiger partial charge in [0.25, 0.3) is 5.91 Å². The Labute approximate surface area is 168 Å². The zero-order valence-corrected chi connectivity index (χ0v) is 16.6. The average Bonchev–Trinajstić information content (AvgIpc) is 2.63. The Hall–Kier alpha value is -2.38. The molecular weight excluding hydrogens is 389 g/mol.